The first-order valence-corrected chi connectivity index (χ1v) is 5.24. The average molecular weight is 223 g/mol. The second-order valence-corrected chi connectivity index (χ2v) is 4.77. The lowest BCUT2D eigenvalue weighted by Gasteiger charge is -2.16. The molecule has 84 valence electrons. The van der Waals surface area contributed by atoms with E-state index in [2.05, 4.69) is 0 Å². The third-order valence-electron chi connectivity index (χ3n) is 3.71. The van der Waals surface area contributed by atoms with Crippen LogP contribution in [0.2, 0.25) is 0 Å². The third kappa shape index (κ3) is 1.13. The van der Waals surface area contributed by atoms with Crippen LogP contribution >= 0.6 is 0 Å². The molecule has 0 N–H and O–H groups in total. The van der Waals surface area contributed by atoms with Gasteiger partial charge in [-0.1, -0.05) is 0 Å². The highest BCUT2D eigenvalue weighted by molar-refractivity contribution is 5.88. The molecule has 4 heteroatoms. The number of hydrogen-bond donors (Lipinski definition) is 0. The van der Waals surface area contributed by atoms with Crippen LogP contribution in [0.4, 0.5) is 8.78 Å². The van der Waals surface area contributed by atoms with Gasteiger partial charge in [-0.15, -0.1) is 0 Å². The van der Waals surface area contributed by atoms with E-state index in [0.29, 0.717) is 12.1 Å². The quantitative estimate of drug-likeness (QED) is 0.709. The minimum Gasteiger partial charge on any atom is -0.345 e. The highest BCUT2D eigenvalue weighted by Crippen LogP contribution is 2.59. The monoisotopic (exact) mass is 223 g/mol. The highest BCUT2D eigenvalue weighted by atomic mass is 19.1. The van der Waals surface area contributed by atoms with Gasteiger partial charge in [0.05, 0.1) is 5.92 Å². The Balaban J connectivity index is 2.03. The van der Waals surface area contributed by atoms with Gasteiger partial charge in [0.2, 0.25) is 5.91 Å². The number of halogens is 2. The van der Waals surface area contributed by atoms with Crippen molar-refractivity contribution >= 4 is 5.91 Å². The lowest BCUT2D eigenvalue weighted by atomic mass is 9.95. The summed E-state index contributed by atoms with van der Waals surface area (Å²) in [5, 5.41) is 0. The Morgan fingerprint density at radius 2 is 1.94 bits per heavy atom. The second-order valence-electron chi connectivity index (χ2n) is 4.77. The van der Waals surface area contributed by atoms with E-state index in [1.54, 1.807) is 11.9 Å². The molecule has 1 aliphatic carbocycles. The number of nitrogens with zero attached hydrogens (tertiary/aromatic N) is 1. The van der Waals surface area contributed by atoms with Crippen molar-refractivity contribution in [1.82, 2.24) is 4.90 Å². The highest BCUT2D eigenvalue weighted by Gasteiger charge is 2.65. The molecule has 3 rings (SSSR count). The van der Waals surface area contributed by atoms with E-state index in [4.69, 9.17) is 0 Å². The Hall–Kier alpha value is -1.45. The Morgan fingerprint density at radius 3 is 2.44 bits per heavy atom. The summed E-state index contributed by atoms with van der Waals surface area (Å²) in [7, 11) is 1.73. The van der Waals surface area contributed by atoms with Gasteiger partial charge < -0.3 is 4.90 Å². The molecule has 2 nitrogen and oxygen atoms in total. The average Bonchev–Trinajstić information content (AvgIpc) is 2.85. The standard InChI is InChI=1S/C12H11F2NO/c1-15-6-12(5-10(12)11(15)16)7-2-8(13)4-9(14)3-7/h2-4,10H,5-6H2,1H3. The number of likely N-dealkylation sites (tertiary alicyclic amines) is 1. The van der Waals surface area contributed by atoms with Crippen LogP contribution in [0, 0.1) is 17.6 Å². The molecular weight excluding hydrogens is 212 g/mol. The molecule has 2 atom stereocenters. The van der Waals surface area contributed by atoms with Crippen LogP contribution in [-0.2, 0) is 10.2 Å². The van der Waals surface area contributed by atoms with Crippen molar-refractivity contribution in [2.45, 2.75) is 11.8 Å². The number of amides is 1. The van der Waals surface area contributed by atoms with Crippen molar-refractivity contribution in [1.29, 1.82) is 0 Å². The van der Waals surface area contributed by atoms with E-state index in [9.17, 15) is 13.6 Å². The minimum absolute atomic E-state index is 0.0706. The molecule has 2 fully saturated rings. The Kier molecular flexibility index (Phi) is 1.71. The molecule has 0 bridgehead atoms. The molecule has 16 heavy (non-hydrogen) atoms. The topological polar surface area (TPSA) is 20.3 Å². The molecule has 1 saturated carbocycles. The van der Waals surface area contributed by atoms with Crippen molar-refractivity contribution in [3.63, 3.8) is 0 Å². The van der Waals surface area contributed by atoms with Crippen LogP contribution in [0.5, 0.6) is 0 Å². The fraction of sp³-hybridized carbons (Fsp3) is 0.417. The van der Waals surface area contributed by atoms with Crippen LogP contribution in [-0.4, -0.2) is 24.4 Å². The molecule has 2 aliphatic rings. The van der Waals surface area contributed by atoms with Crippen LogP contribution in [0.15, 0.2) is 18.2 Å². The summed E-state index contributed by atoms with van der Waals surface area (Å²) in [5.74, 6) is -1.13. The summed E-state index contributed by atoms with van der Waals surface area (Å²) in [6.45, 7) is 0.569. The predicted octanol–water partition coefficient (Wildman–Crippen LogP) is 1.69. The van der Waals surface area contributed by atoms with Gasteiger partial charge in [0.1, 0.15) is 11.6 Å². The molecule has 1 heterocycles. The van der Waals surface area contributed by atoms with Gasteiger partial charge in [-0.2, -0.15) is 0 Å². The van der Waals surface area contributed by atoms with Crippen LogP contribution in [0.3, 0.4) is 0 Å². The van der Waals surface area contributed by atoms with E-state index in [1.807, 2.05) is 0 Å². The van der Waals surface area contributed by atoms with Gasteiger partial charge in [-0.25, -0.2) is 8.78 Å². The summed E-state index contributed by atoms with van der Waals surface area (Å²) >= 11 is 0. The summed E-state index contributed by atoms with van der Waals surface area (Å²) in [6, 6.07) is 3.54. The van der Waals surface area contributed by atoms with Gasteiger partial charge in [0.15, 0.2) is 0 Å². The smallest absolute Gasteiger partial charge is 0.226 e. The maximum absolute atomic E-state index is 13.1. The van der Waals surface area contributed by atoms with Gasteiger partial charge >= 0.3 is 0 Å². The lowest BCUT2D eigenvalue weighted by molar-refractivity contribution is -0.128. The zero-order valence-electron chi connectivity index (χ0n) is 8.84. The van der Waals surface area contributed by atoms with E-state index in [1.165, 1.54) is 12.1 Å². The van der Waals surface area contributed by atoms with Crippen LogP contribution < -0.4 is 0 Å². The number of benzene rings is 1. The molecule has 0 aromatic heterocycles. The maximum atomic E-state index is 13.1. The zero-order valence-corrected chi connectivity index (χ0v) is 8.84. The van der Waals surface area contributed by atoms with Gasteiger partial charge in [-0.3, -0.25) is 4.79 Å². The summed E-state index contributed by atoms with van der Waals surface area (Å²) < 4.78 is 26.3. The molecule has 1 saturated heterocycles. The molecular formula is C12H11F2NO. The minimum atomic E-state index is -0.572. The number of likely N-dealkylation sites (N-methyl/N-ethyl adjacent to an activating group) is 1. The number of carbonyl (C=O) groups excluding carboxylic acids is 1. The van der Waals surface area contributed by atoms with Crippen molar-refractivity contribution in [2.24, 2.45) is 5.92 Å². The predicted molar refractivity (Wildman–Crippen MR) is 53.8 cm³/mol. The van der Waals surface area contributed by atoms with Crippen molar-refractivity contribution in [3.8, 4) is 0 Å². The van der Waals surface area contributed by atoms with Gasteiger partial charge in [0, 0.05) is 25.1 Å². The molecule has 1 aromatic carbocycles. The first-order valence-electron chi connectivity index (χ1n) is 5.24. The van der Waals surface area contributed by atoms with Crippen LogP contribution in [0.25, 0.3) is 0 Å². The second kappa shape index (κ2) is 2.81. The number of piperidine rings is 1. The summed E-state index contributed by atoms with van der Waals surface area (Å²) in [5.41, 5.74) is 0.294. The molecule has 0 spiro atoms. The number of carbonyl (C=O) groups is 1. The summed E-state index contributed by atoms with van der Waals surface area (Å²) in [6.07, 6.45) is 0.721. The molecule has 2 unspecified atom stereocenters. The normalized spacial score (nSPS) is 31.8. The SMILES string of the molecule is CN1CC2(c3cc(F)cc(F)c3)CC2C1=O. The van der Waals surface area contributed by atoms with Crippen molar-refractivity contribution in [3.05, 3.63) is 35.4 Å². The van der Waals surface area contributed by atoms with E-state index >= 15 is 0 Å². The zero-order chi connectivity index (χ0) is 11.5. The summed E-state index contributed by atoms with van der Waals surface area (Å²) in [4.78, 5) is 13.3. The number of fused-ring (bicyclic) bond motifs is 1. The Morgan fingerprint density at radius 1 is 1.31 bits per heavy atom. The fourth-order valence-corrected chi connectivity index (χ4v) is 2.82. The third-order valence-corrected chi connectivity index (χ3v) is 3.71. The van der Waals surface area contributed by atoms with Crippen molar-refractivity contribution in [2.75, 3.05) is 13.6 Å². The van der Waals surface area contributed by atoms with E-state index < -0.39 is 11.6 Å². The maximum Gasteiger partial charge on any atom is 0.226 e. The van der Waals surface area contributed by atoms with Gasteiger partial charge in [0.25, 0.3) is 0 Å². The largest absolute Gasteiger partial charge is 0.345 e. The Bertz CT molecular complexity index is 468. The Labute approximate surface area is 91.9 Å². The first-order chi connectivity index (χ1) is 7.53. The number of hydrogen-bond acceptors (Lipinski definition) is 1. The lowest BCUT2D eigenvalue weighted by Crippen LogP contribution is -2.25. The number of rotatable bonds is 1. The van der Waals surface area contributed by atoms with E-state index in [0.717, 1.165) is 12.5 Å². The fourth-order valence-electron chi connectivity index (χ4n) is 2.82. The molecule has 0 radical (unpaired) electrons. The first kappa shape index (κ1) is 9.75. The van der Waals surface area contributed by atoms with Crippen LogP contribution in [0.1, 0.15) is 12.0 Å². The van der Waals surface area contributed by atoms with Crippen molar-refractivity contribution < 1.29 is 13.6 Å². The molecule has 1 aromatic rings. The molecule has 1 aliphatic heterocycles. The van der Waals surface area contributed by atoms with E-state index in [-0.39, 0.29) is 17.2 Å². The molecule has 1 amide bonds. The van der Waals surface area contributed by atoms with Gasteiger partial charge in [-0.05, 0) is 24.1 Å².